The fourth-order valence-electron chi connectivity index (χ4n) is 3.90. The van der Waals surface area contributed by atoms with Crippen molar-refractivity contribution < 1.29 is 39.5 Å². The first-order valence-corrected chi connectivity index (χ1v) is 12.6. The number of carbonyl (C=O) groups excluding carboxylic acids is 1. The van der Waals surface area contributed by atoms with Crippen LogP contribution < -0.4 is 34.7 Å². The van der Waals surface area contributed by atoms with E-state index < -0.39 is 12.0 Å². The molecule has 0 radical (unpaired) electrons. The molecule has 0 aromatic carbocycles. The quantitative estimate of drug-likeness (QED) is 0.199. The SMILES string of the molecule is CCCCCCCCCCCN(CCCCCCCCCCC)C(C)C(=O)[O-].[Na+]. The first-order valence-electron chi connectivity index (χ1n) is 12.6. The second-order valence-corrected chi connectivity index (χ2v) is 8.69. The van der Waals surface area contributed by atoms with Crippen LogP contribution in [0.1, 0.15) is 136 Å². The first kappa shape index (κ1) is 31.6. The van der Waals surface area contributed by atoms with Crippen LogP contribution in [-0.2, 0) is 4.79 Å². The summed E-state index contributed by atoms with van der Waals surface area (Å²) in [6.07, 6.45) is 23.5. The van der Waals surface area contributed by atoms with Crippen molar-refractivity contribution >= 4 is 5.97 Å². The van der Waals surface area contributed by atoms with Crippen molar-refractivity contribution in [2.24, 2.45) is 0 Å². The molecule has 0 N–H and O–H groups in total. The summed E-state index contributed by atoms with van der Waals surface area (Å²) >= 11 is 0. The van der Waals surface area contributed by atoms with E-state index in [0.717, 1.165) is 25.9 Å². The molecule has 29 heavy (non-hydrogen) atoms. The molecule has 0 aliphatic carbocycles. The minimum Gasteiger partial charge on any atom is -0.548 e. The van der Waals surface area contributed by atoms with Crippen LogP contribution in [0.3, 0.4) is 0 Å². The number of carboxylic acids is 1. The van der Waals surface area contributed by atoms with Gasteiger partial charge < -0.3 is 9.90 Å². The molecule has 0 bridgehead atoms. The van der Waals surface area contributed by atoms with Crippen LogP contribution in [-0.4, -0.2) is 30.0 Å². The van der Waals surface area contributed by atoms with Gasteiger partial charge in [-0.25, -0.2) is 0 Å². The molecule has 0 saturated carbocycles. The maximum absolute atomic E-state index is 11.3. The van der Waals surface area contributed by atoms with Crippen LogP contribution in [0.5, 0.6) is 0 Å². The Kier molecular flexibility index (Phi) is 26.9. The predicted molar refractivity (Wildman–Crippen MR) is 120 cm³/mol. The molecule has 1 unspecified atom stereocenters. The summed E-state index contributed by atoms with van der Waals surface area (Å²) in [5, 5.41) is 11.3. The molecule has 1 atom stereocenters. The third-order valence-corrected chi connectivity index (χ3v) is 5.99. The normalized spacial score (nSPS) is 12.1. The largest absolute Gasteiger partial charge is 1.00 e. The minimum atomic E-state index is -0.924. The van der Waals surface area contributed by atoms with Gasteiger partial charge in [-0.05, 0) is 32.9 Å². The Bertz CT molecular complexity index is 317. The maximum atomic E-state index is 11.3. The third kappa shape index (κ3) is 21.4. The average molecular weight is 420 g/mol. The smallest absolute Gasteiger partial charge is 0.548 e. The third-order valence-electron chi connectivity index (χ3n) is 5.99. The Morgan fingerprint density at radius 3 is 1.17 bits per heavy atom. The van der Waals surface area contributed by atoms with Gasteiger partial charge in [-0.2, -0.15) is 0 Å². The Balaban J connectivity index is 0. The van der Waals surface area contributed by atoms with Gasteiger partial charge in [0.15, 0.2) is 0 Å². The number of hydrogen-bond acceptors (Lipinski definition) is 3. The number of nitrogens with zero attached hydrogens (tertiary/aromatic N) is 1. The van der Waals surface area contributed by atoms with Crippen LogP contribution in [0.15, 0.2) is 0 Å². The second kappa shape index (κ2) is 24.7. The Morgan fingerprint density at radius 2 is 0.897 bits per heavy atom. The van der Waals surface area contributed by atoms with Crippen molar-refractivity contribution in [1.82, 2.24) is 4.90 Å². The zero-order valence-corrected chi connectivity index (χ0v) is 22.5. The summed E-state index contributed by atoms with van der Waals surface area (Å²) in [6, 6.07) is -0.455. The van der Waals surface area contributed by atoms with Crippen molar-refractivity contribution in [3.05, 3.63) is 0 Å². The summed E-state index contributed by atoms with van der Waals surface area (Å²) in [5.41, 5.74) is 0. The topological polar surface area (TPSA) is 43.4 Å². The van der Waals surface area contributed by atoms with Crippen LogP contribution >= 0.6 is 0 Å². The van der Waals surface area contributed by atoms with Gasteiger partial charge in [0.1, 0.15) is 0 Å². The van der Waals surface area contributed by atoms with E-state index in [9.17, 15) is 9.90 Å². The molecule has 0 spiro atoms. The van der Waals surface area contributed by atoms with Crippen molar-refractivity contribution in [1.29, 1.82) is 0 Å². The average Bonchev–Trinajstić information content (AvgIpc) is 2.69. The Hall–Kier alpha value is 0.430. The van der Waals surface area contributed by atoms with E-state index in [0.29, 0.717) is 0 Å². The molecule has 3 nitrogen and oxygen atoms in total. The van der Waals surface area contributed by atoms with Crippen LogP contribution in [0.4, 0.5) is 0 Å². The van der Waals surface area contributed by atoms with E-state index in [1.807, 2.05) is 0 Å². The molecule has 0 aliphatic rings. The van der Waals surface area contributed by atoms with Gasteiger partial charge in [0.2, 0.25) is 0 Å². The molecule has 0 aromatic rings. The minimum absolute atomic E-state index is 0. The van der Waals surface area contributed by atoms with Gasteiger partial charge in [-0.3, -0.25) is 4.90 Å². The number of hydrogen-bond donors (Lipinski definition) is 0. The molecule has 0 amide bonds. The van der Waals surface area contributed by atoms with Gasteiger partial charge in [-0.15, -0.1) is 0 Å². The molecule has 0 aromatic heterocycles. The summed E-state index contributed by atoms with van der Waals surface area (Å²) in [7, 11) is 0. The Morgan fingerprint density at radius 1 is 0.621 bits per heavy atom. The van der Waals surface area contributed by atoms with E-state index in [-0.39, 0.29) is 29.6 Å². The summed E-state index contributed by atoms with van der Waals surface area (Å²) in [6.45, 7) is 8.11. The standard InChI is InChI=1S/C25H51NO2.Na/c1-4-6-8-10-12-14-16-18-20-22-26(24(3)25(27)28)23-21-19-17-15-13-11-9-7-5-2;/h24H,4-23H2,1-3H3,(H,27,28);/q;+1/p-1. The van der Waals surface area contributed by atoms with E-state index in [1.165, 1.54) is 103 Å². The predicted octanol–water partition coefficient (Wildman–Crippen LogP) is 3.49. The molecule has 0 aliphatic heterocycles. The zero-order chi connectivity index (χ0) is 20.9. The van der Waals surface area contributed by atoms with Crippen LogP contribution in [0.25, 0.3) is 0 Å². The second-order valence-electron chi connectivity index (χ2n) is 8.69. The summed E-state index contributed by atoms with van der Waals surface area (Å²) in [4.78, 5) is 13.4. The maximum Gasteiger partial charge on any atom is 1.00 e. The zero-order valence-electron chi connectivity index (χ0n) is 20.5. The molecule has 4 heteroatoms. The summed E-state index contributed by atoms with van der Waals surface area (Å²) in [5.74, 6) is -0.924. The molecule has 0 rings (SSSR count). The number of unbranched alkanes of at least 4 members (excludes halogenated alkanes) is 16. The molecule has 0 heterocycles. The van der Waals surface area contributed by atoms with E-state index >= 15 is 0 Å². The number of carbonyl (C=O) groups is 1. The van der Waals surface area contributed by atoms with Crippen molar-refractivity contribution in [2.45, 2.75) is 142 Å². The fraction of sp³-hybridized carbons (Fsp3) is 0.960. The van der Waals surface area contributed by atoms with Crippen LogP contribution in [0, 0.1) is 0 Å². The van der Waals surface area contributed by atoms with Crippen molar-refractivity contribution in [2.75, 3.05) is 13.1 Å². The number of rotatable bonds is 22. The van der Waals surface area contributed by atoms with Gasteiger partial charge >= 0.3 is 29.6 Å². The monoisotopic (exact) mass is 419 g/mol. The van der Waals surface area contributed by atoms with Gasteiger partial charge in [0, 0.05) is 6.04 Å². The molecule has 0 saturated heterocycles. The molecular formula is C25H50NNaO2. The molecule has 168 valence electrons. The fourth-order valence-corrected chi connectivity index (χ4v) is 3.90. The van der Waals surface area contributed by atoms with Gasteiger partial charge in [0.05, 0.1) is 5.97 Å². The van der Waals surface area contributed by atoms with Gasteiger partial charge in [0.25, 0.3) is 0 Å². The number of aliphatic carboxylic acids is 1. The van der Waals surface area contributed by atoms with E-state index in [1.54, 1.807) is 6.92 Å². The first-order chi connectivity index (χ1) is 13.6. The molecular weight excluding hydrogens is 369 g/mol. The number of carboxylic acid groups (broad SMARTS) is 1. The van der Waals surface area contributed by atoms with Gasteiger partial charge in [-0.1, -0.05) is 117 Å². The summed E-state index contributed by atoms with van der Waals surface area (Å²) < 4.78 is 0. The van der Waals surface area contributed by atoms with E-state index in [2.05, 4.69) is 18.7 Å². The van der Waals surface area contributed by atoms with Crippen LogP contribution in [0.2, 0.25) is 0 Å². The van der Waals surface area contributed by atoms with Crippen molar-refractivity contribution in [3.63, 3.8) is 0 Å². The molecule has 0 fully saturated rings. The Labute approximate surface area is 205 Å². The van der Waals surface area contributed by atoms with Crippen molar-refractivity contribution in [3.8, 4) is 0 Å². The van der Waals surface area contributed by atoms with E-state index in [4.69, 9.17) is 0 Å².